The first-order chi connectivity index (χ1) is 16.9. The van der Waals surface area contributed by atoms with Crippen LogP contribution in [0.3, 0.4) is 0 Å². The van der Waals surface area contributed by atoms with Gasteiger partial charge in [-0.2, -0.15) is 0 Å². The normalized spacial score (nSPS) is 11.3. The molecule has 5 rings (SSSR count). The van der Waals surface area contributed by atoms with Crippen molar-refractivity contribution in [2.75, 3.05) is 0 Å². The van der Waals surface area contributed by atoms with Gasteiger partial charge in [0.05, 0.1) is 27.3 Å². The summed E-state index contributed by atoms with van der Waals surface area (Å²) in [4.78, 5) is 21.3. The third-order valence-corrected chi connectivity index (χ3v) is 7.05. The molecule has 0 aliphatic heterocycles. The summed E-state index contributed by atoms with van der Waals surface area (Å²) >= 11 is 1.66. The number of aromatic carboxylic acids is 1. The molecule has 0 spiro atoms. The van der Waals surface area contributed by atoms with E-state index in [-0.39, 0.29) is 0 Å². The van der Waals surface area contributed by atoms with Gasteiger partial charge >= 0.3 is 5.97 Å². The molecular weight excluding hydrogens is 454 g/mol. The van der Waals surface area contributed by atoms with Crippen molar-refractivity contribution in [2.45, 2.75) is 40.2 Å². The van der Waals surface area contributed by atoms with Crippen LogP contribution >= 0.6 is 11.3 Å². The number of nitrogens with zero attached hydrogens (tertiary/aromatic N) is 3. The molecule has 1 N–H and O–H groups in total. The number of carboxylic acid groups (broad SMARTS) is 1. The van der Waals surface area contributed by atoms with E-state index in [0.29, 0.717) is 12.1 Å². The Morgan fingerprint density at radius 3 is 2.46 bits per heavy atom. The van der Waals surface area contributed by atoms with Crippen molar-refractivity contribution in [3.05, 3.63) is 93.6 Å². The van der Waals surface area contributed by atoms with Crippen molar-refractivity contribution in [3.63, 3.8) is 0 Å². The second-order valence-electron chi connectivity index (χ2n) is 8.82. The third kappa shape index (κ3) is 4.49. The standard InChI is InChI=1S/C29H27N3O2S/c1-4-7-27-31-28-18(2)14-22(25-17-35-19(3)30-25)15-26(28)32(27)16-20-10-12-21(13-11-20)23-8-5-6-9-24(23)29(33)34/h5-6,8-15,17H,4,7,16H2,1-3H3,(H,33,34). The Balaban J connectivity index is 1.54. The van der Waals surface area contributed by atoms with Crippen LogP contribution in [-0.2, 0) is 13.0 Å². The highest BCUT2D eigenvalue weighted by atomic mass is 32.1. The Morgan fingerprint density at radius 1 is 1.00 bits per heavy atom. The number of thiazole rings is 1. The molecule has 35 heavy (non-hydrogen) atoms. The van der Waals surface area contributed by atoms with Crippen LogP contribution in [0, 0.1) is 13.8 Å². The van der Waals surface area contributed by atoms with Gasteiger partial charge in [0.25, 0.3) is 0 Å². The molecule has 176 valence electrons. The van der Waals surface area contributed by atoms with Crippen LogP contribution in [0.1, 0.15) is 45.7 Å². The van der Waals surface area contributed by atoms with E-state index in [2.05, 4.69) is 48.1 Å². The minimum Gasteiger partial charge on any atom is -0.478 e. The van der Waals surface area contributed by atoms with E-state index in [1.54, 1.807) is 23.5 Å². The average molecular weight is 482 g/mol. The second kappa shape index (κ2) is 9.47. The number of carbonyl (C=O) groups is 1. The van der Waals surface area contributed by atoms with Gasteiger partial charge in [0.2, 0.25) is 0 Å². The maximum Gasteiger partial charge on any atom is 0.336 e. The first kappa shape index (κ1) is 23.0. The summed E-state index contributed by atoms with van der Waals surface area (Å²) in [6, 6.07) is 19.7. The number of carboxylic acids is 1. The average Bonchev–Trinajstić information content (AvgIpc) is 3.44. The van der Waals surface area contributed by atoms with E-state index >= 15 is 0 Å². The lowest BCUT2D eigenvalue weighted by atomic mass is 9.98. The van der Waals surface area contributed by atoms with Gasteiger partial charge in [0, 0.05) is 23.9 Å². The molecular formula is C29H27N3O2S. The molecule has 0 radical (unpaired) electrons. The van der Waals surface area contributed by atoms with Crippen LogP contribution in [0.4, 0.5) is 0 Å². The molecule has 0 aliphatic carbocycles. The number of hydrogen-bond donors (Lipinski definition) is 1. The molecule has 3 aromatic carbocycles. The Morgan fingerprint density at radius 2 is 1.77 bits per heavy atom. The van der Waals surface area contributed by atoms with Crippen molar-refractivity contribution in [3.8, 4) is 22.4 Å². The zero-order valence-corrected chi connectivity index (χ0v) is 20.9. The van der Waals surface area contributed by atoms with Gasteiger partial charge < -0.3 is 9.67 Å². The second-order valence-corrected chi connectivity index (χ2v) is 9.89. The first-order valence-electron chi connectivity index (χ1n) is 11.8. The van der Waals surface area contributed by atoms with Crippen LogP contribution in [0.5, 0.6) is 0 Å². The zero-order valence-electron chi connectivity index (χ0n) is 20.1. The van der Waals surface area contributed by atoms with Gasteiger partial charge in [-0.15, -0.1) is 11.3 Å². The summed E-state index contributed by atoms with van der Waals surface area (Å²) in [6.45, 7) is 7.02. The minimum atomic E-state index is -0.916. The highest BCUT2D eigenvalue weighted by Crippen LogP contribution is 2.30. The molecule has 0 saturated heterocycles. The summed E-state index contributed by atoms with van der Waals surface area (Å²) < 4.78 is 2.31. The fraction of sp³-hybridized carbons (Fsp3) is 0.207. The molecule has 5 nitrogen and oxygen atoms in total. The minimum absolute atomic E-state index is 0.311. The summed E-state index contributed by atoms with van der Waals surface area (Å²) in [5, 5.41) is 12.7. The monoisotopic (exact) mass is 481 g/mol. The summed E-state index contributed by atoms with van der Waals surface area (Å²) in [6.07, 6.45) is 1.93. The SMILES string of the molecule is CCCc1nc2c(C)cc(-c3csc(C)n3)cc2n1Cc1ccc(-c2ccccc2C(=O)O)cc1. The molecule has 5 aromatic rings. The number of hydrogen-bond acceptors (Lipinski definition) is 4. The summed E-state index contributed by atoms with van der Waals surface area (Å²) in [5.74, 6) is 0.165. The van der Waals surface area contributed by atoms with Gasteiger partial charge in [-0.05, 0) is 60.7 Å². The molecule has 0 amide bonds. The molecule has 6 heteroatoms. The highest BCUT2D eigenvalue weighted by molar-refractivity contribution is 7.09. The van der Waals surface area contributed by atoms with Crippen molar-refractivity contribution in [1.29, 1.82) is 0 Å². The van der Waals surface area contributed by atoms with Crippen LogP contribution in [-0.4, -0.2) is 25.6 Å². The van der Waals surface area contributed by atoms with E-state index in [0.717, 1.165) is 68.2 Å². The number of imidazole rings is 1. The van der Waals surface area contributed by atoms with Gasteiger partial charge in [0.15, 0.2) is 0 Å². The van der Waals surface area contributed by atoms with E-state index in [9.17, 15) is 9.90 Å². The maximum absolute atomic E-state index is 11.6. The fourth-order valence-electron chi connectivity index (χ4n) is 4.57. The predicted molar refractivity (Wildman–Crippen MR) is 142 cm³/mol. The summed E-state index contributed by atoms with van der Waals surface area (Å²) in [5.41, 5.74) is 8.51. The van der Waals surface area contributed by atoms with Gasteiger partial charge in [-0.1, -0.05) is 49.4 Å². The first-order valence-corrected chi connectivity index (χ1v) is 12.7. The maximum atomic E-state index is 11.6. The third-order valence-electron chi connectivity index (χ3n) is 6.28. The Labute approximate surface area is 208 Å². The quantitative estimate of drug-likeness (QED) is 0.268. The van der Waals surface area contributed by atoms with Crippen LogP contribution in [0.2, 0.25) is 0 Å². The van der Waals surface area contributed by atoms with E-state index in [4.69, 9.17) is 9.97 Å². The van der Waals surface area contributed by atoms with Crippen molar-refractivity contribution < 1.29 is 9.90 Å². The molecule has 0 unspecified atom stereocenters. The van der Waals surface area contributed by atoms with Crippen LogP contribution in [0.25, 0.3) is 33.4 Å². The molecule has 0 aliphatic rings. The van der Waals surface area contributed by atoms with E-state index in [1.165, 1.54) is 0 Å². The van der Waals surface area contributed by atoms with Crippen LogP contribution < -0.4 is 0 Å². The van der Waals surface area contributed by atoms with Crippen molar-refractivity contribution >= 4 is 28.3 Å². The molecule has 2 heterocycles. The van der Waals surface area contributed by atoms with Crippen molar-refractivity contribution in [1.82, 2.24) is 14.5 Å². The van der Waals surface area contributed by atoms with Gasteiger partial charge in [-0.25, -0.2) is 14.8 Å². The van der Waals surface area contributed by atoms with Gasteiger partial charge in [-0.3, -0.25) is 0 Å². The molecule has 0 atom stereocenters. The van der Waals surface area contributed by atoms with E-state index in [1.807, 2.05) is 31.2 Å². The lowest BCUT2D eigenvalue weighted by Gasteiger charge is -2.12. The molecule has 0 saturated carbocycles. The summed E-state index contributed by atoms with van der Waals surface area (Å²) in [7, 11) is 0. The lowest BCUT2D eigenvalue weighted by molar-refractivity contribution is 0.0697. The predicted octanol–water partition coefficient (Wildman–Crippen LogP) is 7.14. The Bertz CT molecular complexity index is 1530. The topological polar surface area (TPSA) is 68.0 Å². The Hall–Kier alpha value is -3.77. The molecule has 2 aromatic heterocycles. The van der Waals surface area contributed by atoms with Crippen molar-refractivity contribution in [2.24, 2.45) is 0 Å². The number of benzene rings is 3. The molecule has 0 fully saturated rings. The largest absolute Gasteiger partial charge is 0.478 e. The zero-order chi connectivity index (χ0) is 24.5. The fourth-order valence-corrected chi connectivity index (χ4v) is 5.19. The highest BCUT2D eigenvalue weighted by Gasteiger charge is 2.16. The smallest absolute Gasteiger partial charge is 0.336 e. The number of fused-ring (bicyclic) bond motifs is 1. The molecule has 0 bridgehead atoms. The Kier molecular flexibility index (Phi) is 6.22. The number of aryl methyl sites for hydroxylation is 3. The number of aromatic nitrogens is 3. The van der Waals surface area contributed by atoms with Crippen LogP contribution in [0.15, 0.2) is 66.0 Å². The number of rotatable bonds is 7. The lowest BCUT2D eigenvalue weighted by Crippen LogP contribution is -2.05. The van der Waals surface area contributed by atoms with E-state index < -0.39 is 5.97 Å². The van der Waals surface area contributed by atoms with Gasteiger partial charge in [0.1, 0.15) is 5.82 Å².